The van der Waals surface area contributed by atoms with E-state index < -0.39 is 0 Å². The van der Waals surface area contributed by atoms with Crippen LogP contribution >= 0.6 is 11.3 Å². The van der Waals surface area contributed by atoms with Crippen LogP contribution in [0.5, 0.6) is 0 Å². The molecule has 1 aliphatic carbocycles. The van der Waals surface area contributed by atoms with Crippen LogP contribution in [0.2, 0.25) is 0 Å². The van der Waals surface area contributed by atoms with Gasteiger partial charge >= 0.3 is 0 Å². The van der Waals surface area contributed by atoms with Crippen molar-refractivity contribution in [1.82, 2.24) is 15.3 Å². The molecule has 4 rings (SSSR count). The monoisotopic (exact) mass is 380 g/mol. The van der Waals surface area contributed by atoms with Crippen molar-refractivity contribution in [2.45, 2.75) is 52.1 Å². The van der Waals surface area contributed by atoms with Crippen molar-refractivity contribution in [2.24, 2.45) is 0 Å². The van der Waals surface area contributed by atoms with Crippen LogP contribution in [0, 0.1) is 6.92 Å². The first-order valence-electron chi connectivity index (χ1n) is 9.44. The molecule has 2 N–H and O–H groups in total. The first kappa shape index (κ1) is 17.9. The number of aromatic nitrogens is 2. The van der Waals surface area contributed by atoms with Crippen molar-refractivity contribution in [3.05, 3.63) is 52.2 Å². The number of hydrogen-bond acceptors (Lipinski definition) is 5. The van der Waals surface area contributed by atoms with Gasteiger partial charge in [0.05, 0.1) is 16.3 Å². The molecule has 1 aromatic carbocycles. The van der Waals surface area contributed by atoms with Gasteiger partial charge in [-0.3, -0.25) is 4.79 Å². The molecular formula is C21H24N4OS. The number of rotatable bonds is 4. The van der Waals surface area contributed by atoms with Gasteiger partial charge in [-0.2, -0.15) is 0 Å². The van der Waals surface area contributed by atoms with Gasteiger partial charge in [0.15, 0.2) is 0 Å². The summed E-state index contributed by atoms with van der Waals surface area (Å²) >= 11 is 1.43. The Morgan fingerprint density at radius 1 is 1.26 bits per heavy atom. The van der Waals surface area contributed by atoms with Crippen LogP contribution in [0.3, 0.4) is 0 Å². The van der Waals surface area contributed by atoms with E-state index in [1.54, 1.807) is 6.33 Å². The minimum absolute atomic E-state index is 0.0422. The quantitative estimate of drug-likeness (QED) is 0.693. The highest BCUT2D eigenvalue weighted by Crippen LogP contribution is 2.37. The third-order valence-electron chi connectivity index (χ3n) is 5.03. The Balaban J connectivity index is 1.71. The molecular weight excluding hydrogens is 356 g/mol. The van der Waals surface area contributed by atoms with Gasteiger partial charge in [-0.05, 0) is 56.7 Å². The molecule has 1 unspecified atom stereocenters. The topological polar surface area (TPSA) is 66.9 Å². The fraction of sp³-hybridized carbons (Fsp3) is 0.381. The minimum Gasteiger partial charge on any atom is -0.363 e. The summed E-state index contributed by atoms with van der Waals surface area (Å²) in [6.07, 6.45) is 4.95. The fourth-order valence-corrected chi connectivity index (χ4v) is 4.85. The Morgan fingerprint density at radius 2 is 2.07 bits per heavy atom. The number of hydrogen-bond donors (Lipinski definition) is 2. The average Bonchev–Trinajstić information content (AvgIpc) is 2.99. The van der Waals surface area contributed by atoms with Crippen molar-refractivity contribution in [1.29, 1.82) is 0 Å². The van der Waals surface area contributed by atoms with Gasteiger partial charge in [-0.25, -0.2) is 9.97 Å². The van der Waals surface area contributed by atoms with Gasteiger partial charge in [0.25, 0.3) is 5.91 Å². The minimum atomic E-state index is -0.0422. The second-order valence-electron chi connectivity index (χ2n) is 7.37. The zero-order valence-corrected chi connectivity index (χ0v) is 16.7. The zero-order chi connectivity index (χ0) is 19.0. The lowest BCUT2D eigenvalue weighted by atomic mass is 9.87. The summed E-state index contributed by atoms with van der Waals surface area (Å²) in [5, 5.41) is 7.57. The maximum atomic E-state index is 12.5. The number of carbonyl (C=O) groups excluding carboxylic acids is 1. The molecule has 27 heavy (non-hydrogen) atoms. The maximum Gasteiger partial charge on any atom is 0.261 e. The molecule has 3 aromatic rings. The molecule has 0 bridgehead atoms. The average molecular weight is 381 g/mol. The lowest BCUT2D eigenvalue weighted by Crippen LogP contribution is -2.29. The number of thiophene rings is 1. The SMILES string of the molecule is Cc1c(C(=O)NC(C)C)sc2ncnc(NC3CCCc4ccccc43)c12. The van der Waals surface area contributed by atoms with Gasteiger partial charge in [0.1, 0.15) is 17.0 Å². The van der Waals surface area contributed by atoms with Crippen molar-refractivity contribution >= 4 is 33.3 Å². The molecule has 2 heterocycles. The molecule has 0 fully saturated rings. The summed E-state index contributed by atoms with van der Waals surface area (Å²) in [6.45, 7) is 5.92. The molecule has 1 amide bonds. The Morgan fingerprint density at radius 3 is 2.89 bits per heavy atom. The number of carbonyl (C=O) groups is 1. The standard InChI is InChI=1S/C21H24N4OS/c1-12(2)24-20(26)18-13(3)17-19(22-11-23-21(17)27-18)25-16-10-6-8-14-7-4-5-9-15(14)16/h4-5,7,9,11-12,16H,6,8,10H2,1-3H3,(H,24,26)(H,22,23,25). The van der Waals surface area contributed by atoms with Gasteiger partial charge in [0, 0.05) is 6.04 Å². The lowest BCUT2D eigenvalue weighted by molar-refractivity contribution is 0.0947. The van der Waals surface area contributed by atoms with Crippen LogP contribution in [0.4, 0.5) is 5.82 Å². The molecule has 2 aromatic heterocycles. The van der Waals surface area contributed by atoms with E-state index in [9.17, 15) is 4.79 Å². The van der Waals surface area contributed by atoms with E-state index in [-0.39, 0.29) is 18.0 Å². The highest BCUT2D eigenvalue weighted by molar-refractivity contribution is 7.20. The Bertz CT molecular complexity index is 995. The third kappa shape index (κ3) is 3.41. The Hall–Kier alpha value is -2.47. The first-order chi connectivity index (χ1) is 13.0. The van der Waals surface area contributed by atoms with Gasteiger partial charge in [-0.1, -0.05) is 24.3 Å². The second kappa shape index (κ2) is 7.27. The number of amides is 1. The van der Waals surface area contributed by atoms with Crippen molar-refractivity contribution in [3.8, 4) is 0 Å². The van der Waals surface area contributed by atoms with E-state index in [1.807, 2.05) is 20.8 Å². The van der Waals surface area contributed by atoms with Crippen molar-refractivity contribution in [2.75, 3.05) is 5.32 Å². The molecule has 0 saturated heterocycles. The molecule has 0 saturated carbocycles. The van der Waals surface area contributed by atoms with E-state index in [1.165, 1.54) is 22.5 Å². The van der Waals surface area contributed by atoms with Gasteiger partial charge < -0.3 is 10.6 Å². The maximum absolute atomic E-state index is 12.5. The summed E-state index contributed by atoms with van der Waals surface area (Å²) in [5.74, 6) is 0.776. The number of nitrogens with zero attached hydrogens (tertiary/aromatic N) is 2. The summed E-state index contributed by atoms with van der Waals surface area (Å²) < 4.78 is 0. The van der Waals surface area contributed by atoms with E-state index in [4.69, 9.17) is 0 Å². The normalized spacial score (nSPS) is 16.4. The second-order valence-corrected chi connectivity index (χ2v) is 8.37. The van der Waals surface area contributed by atoms with Gasteiger partial charge in [-0.15, -0.1) is 11.3 Å². The largest absolute Gasteiger partial charge is 0.363 e. The molecule has 0 aliphatic heterocycles. The van der Waals surface area contributed by atoms with E-state index in [0.29, 0.717) is 4.88 Å². The number of aryl methyl sites for hydroxylation is 2. The Labute approximate surface area is 163 Å². The summed E-state index contributed by atoms with van der Waals surface area (Å²) in [7, 11) is 0. The lowest BCUT2D eigenvalue weighted by Gasteiger charge is -2.27. The number of anilines is 1. The molecule has 6 heteroatoms. The van der Waals surface area contributed by atoms with Crippen molar-refractivity contribution in [3.63, 3.8) is 0 Å². The van der Waals surface area contributed by atoms with E-state index in [2.05, 4.69) is 44.9 Å². The summed E-state index contributed by atoms with van der Waals surface area (Å²) in [5.41, 5.74) is 3.70. The molecule has 5 nitrogen and oxygen atoms in total. The third-order valence-corrected chi connectivity index (χ3v) is 6.23. The number of nitrogens with one attached hydrogen (secondary N) is 2. The van der Waals surface area contributed by atoms with Crippen LogP contribution in [0.1, 0.15) is 59.1 Å². The van der Waals surface area contributed by atoms with Gasteiger partial charge in [0.2, 0.25) is 0 Å². The van der Waals surface area contributed by atoms with Crippen LogP contribution in [-0.2, 0) is 6.42 Å². The van der Waals surface area contributed by atoms with E-state index in [0.717, 1.165) is 40.9 Å². The molecule has 0 radical (unpaired) electrons. The zero-order valence-electron chi connectivity index (χ0n) is 15.9. The summed E-state index contributed by atoms with van der Waals surface area (Å²) in [6, 6.07) is 8.95. The van der Waals surface area contributed by atoms with Crippen LogP contribution < -0.4 is 10.6 Å². The molecule has 140 valence electrons. The molecule has 0 spiro atoms. The smallest absolute Gasteiger partial charge is 0.261 e. The predicted octanol–water partition coefficient (Wildman–Crippen LogP) is 4.63. The number of fused-ring (bicyclic) bond motifs is 2. The highest BCUT2D eigenvalue weighted by atomic mass is 32.1. The molecule has 1 aliphatic rings. The fourth-order valence-electron chi connectivity index (χ4n) is 3.79. The predicted molar refractivity (Wildman–Crippen MR) is 110 cm³/mol. The first-order valence-corrected chi connectivity index (χ1v) is 10.3. The molecule has 1 atom stereocenters. The number of benzene rings is 1. The summed E-state index contributed by atoms with van der Waals surface area (Å²) in [4.78, 5) is 23.0. The van der Waals surface area contributed by atoms with Crippen LogP contribution in [0.25, 0.3) is 10.2 Å². The van der Waals surface area contributed by atoms with Crippen LogP contribution in [0.15, 0.2) is 30.6 Å². The Kier molecular flexibility index (Phi) is 4.83. The van der Waals surface area contributed by atoms with E-state index >= 15 is 0 Å². The highest BCUT2D eigenvalue weighted by Gasteiger charge is 2.23. The van der Waals surface area contributed by atoms with Crippen molar-refractivity contribution < 1.29 is 4.79 Å². The van der Waals surface area contributed by atoms with Crippen LogP contribution in [-0.4, -0.2) is 21.9 Å².